The van der Waals surface area contributed by atoms with Gasteiger partial charge in [0.15, 0.2) is 8.73 Å². The number of aryl methyl sites for hydroxylation is 1. The minimum atomic E-state index is -0.185. The molecule has 2 aromatic carbocycles. The Morgan fingerprint density at radius 1 is 1.04 bits per heavy atom. The minimum Gasteiger partial charge on any atom is -0.497 e. The summed E-state index contributed by atoms with van der Waals surface area (Å²) in [6.45, 7) is 2.00. The smallest absolute Gasteiger partial charge is 0.278 e. The van der Waals surface area contributed by atoms with Crippen molar-refractivity contribution < 1.29 is 4.74 Å². The molecule has 5 nitrogen and oxygen atoms in total. The largest absolute Gasteiger partial charge is 0.497 e. The third kappa shape index (κ3) is 3.05. The lowest BCUT2D eigenvalue weighted by Gasteiger charge is -2.09. The third-order valence-electron chi connectivity index (χ3n) is 4.24. The fourth-order valence-electron chi connectivity index (χ4n) is 2.90. The normalized spacial score (nSPS) is 11.0. The molecule has 0 spiro atoms. The standard InChI is InChI=1S/C19H15N3O2S3/c1-11-6-8-12(9-7-11)22-17(23)15-16(20-18(22)25)21(19(26)27-15)13-4-3-5-14(10-13)24-2/h3-10H,1-2H3,(H,20,25). The van der Waals surface area contributed by atoms with E-state index in [1.165, 1.54) is 15.9 Å². The van der Waals surface area contributed by atoms with Gasteiger partial charge >= 0.3 is 0 Å². The summed E-state index contributed by atoms with van der Waals surface area (Å²) in [4.78, 5) is 16.3. The predicted molar refractivity (Wildman–Crippen MR) is 114 cm³/mol. The summed E-state index contributed by atoms with van der Waals surface area (Å²) in [5.74, 6) is 0.709. The molecule has 0 amide bonds. The molecular formula is C19H15N3O2S3. The maximum Gasteiger partial charge on any atom is 0.278 e. The summed E-state index contributed by atoms with van der Waals surface area (Å²) in [7, 11) is 1.61. The summed E-state index contributed by atoms with van der Waals surface area (Å²) in [5.41, 5.74) is 3.05. The molecule has 4 aromatic rings. The number of methoxy groups -OCH3 is 1. The van der Waals surface area contributed by atoms with Crippen LogP contribution in [0.25, 0.3) is 21.7 Å². The molecule has 2 aromatic heterocycles. The van der Waals surface area contributed by atoms with E-state index in [0.29, 0.717) is 24.8 Å². The number of benzene rings is 2. The lowest BCUT2D eigenvalue weighted by Crippen LogP contribution is -2.20. The van der Waals surface area contributed by atoms with Crippen LogP contribution in [0, 0.1) is 15.6 Å². The van der Waals surface area contributed by atoms with Crippen LogP contribution in [-0.2, 0) is 0 Å². The number of ether oxygens (including phenoxy) is 1. The molecular weight excluding hydrogens is 398 g/mol. The molecule has 8 heteroatoms. The fraction of sp³-hybridized carbons (Fsp3) is 0.105. The number of H-pyrrole nitrogens is 1. The number of thiazole rings is 1. The fourth-order valence-corrected chi connectivity index (χ4v) is 4.51. The lowest BCUT2D eigenvalue weighted by atomic mass is 10.2. The van der Waals surface area contributed by atoms with Crippen molar-refractivity contribution >= 4 is 46.1 Å². The van der Waals surface area contributed by atoms with Gasteiger partial charge in [0.25, 0.3) is 5.56 Å². The van der Waals surface area contributed by atoms with Crippen LogP contribution < -0.4 is 10.3 Å². The molecule has 0 aliphatic heterocycles. The Morgan fingerprint density at radius 3 is 2.48 bits per heavy atom. The molecule has 0 atom stereocenters. The Balaban J connectivity index is 2.02. The Labute approximate surface area is 169 Å². The maximum atomic E-state index is 13.2. The number of hydrogen-bond donors (Lipinski definition) is 1. The van der Waals surface area contributed by atoms with E-state index in [0.717, 1.165) is 16.9 Å². The van der Waals surface area contributed by atoms with Crippen LogP contribution in [0.2, 0.25) is 0 Å². The van der Waals surface area contributed by atoms with E-state index < -0.39 is 0 Å². The van der Waals surface area contributed by atoms with Crippen LogP contribution in [-0.4, -0.2) is 21.2 Å². The Morgan fingerprint density at radius 2 is 1.78 bits per heavy atom. The molecule has 1 N–H and O–H groups in total. The van der Waals surface area contributed by atoms with Crippen LogP contribution in [0.3, 0.4) is 0 Å². The molecule has 0 saturated heterocycles. The van der Waals surface area contributed by atoms with Gasteiger partial charge < -0.3 is 9.72 Å². The highest BCUT2D eigenvalue weighted by molar-refractivity contribution is 7.73. The first-order valence-electron chi connectivity index (χ1n) is 8.12. The number of hydrogen-bond acceptors (Lipinski definition) is 5. The maximum absolute atomic E-state index is 13.2. The van der Waals surface area contributed by atoms with E-state index in [1.54, 1.807) is 7.11 Å². The van der Waals surface area contributed by atoms with E-state index in [-0.39, 0.29) is 5.56 Å². The summed E-state index contributed by atoms with van der Waals surface area (Å²) >= 11 is 12.3. The van der Waals surface area contributed by atoms with Crippen LogP contribution >= 0.6 is 35.8 Å². The van der Waals surface area contributed by atoms with Crippen LogP contribution in [0.1, 0.15) is 5.56 Å². The van der Waals surface area contributed by atoms with Crippen molar-refractivity contribution in [2.75, 3.05) is 7.11 Å². The molecule has 0 fully saturated rings. The second kappa shape index (κ2) is 6.88. The summed E-state index contributed by atoms with van der Waals surface area (Å²) < 4.78 is 10.0. The van der Waals surface area contributed by atoms with Crippen LogP contribution in [0.15, 0.2) is 53.3 Å². The third-order valence-corrected chi connectivity index (χ3v) is 5.89. The molecule has 2 heterocycles. The van der Waals surface area contributed by atoms with Crippen LogP contribution in [0.4, 0.5) is 0 Å². The molecule has 0 bridgehead atoms. The van der Waals surface area contributed by atoms with E-state index >= 15 is 0 Å². The van der Waals surface area contributed by atoms with E-state index in [9.17, 15) is 4.79 Å². The molecule has 27 heavy (non-hydrogen) atoms. The number of nitrogens with zero attached hydrogens (tertiary/aromatic N) is 2. The van der Waals surface area contributed by atoms with Gasteiger partial charge in [0.1, 0.15) is 16.1 Å². The van der Waals surface area contributed by atoms with Crippen molar-refractivity contribution in [1.29, 1.82) is 0 Å². The highest BCUT2D eigenvalue weighted by atomic mass is 32.1. The van der Waals surface area contributed by atoms with Gasteiger partial charge in [-0.1, -0.05) is 35.1 Å². The Kier molecular flexibility index (Phi) is 4.55. The number of fused-ring (bicyclic) bond motifs is 1. The second-order valence-electron chi connectivity index (χ2n) is 5.99. The van der Waals surface area contributed by atoms with Crippen molar-refractivity contribution in [2.45, 2.75) is 6.92 Å². The number of aromatic amines is 1. The Hall–Kier alpha value is -2.55. The lowest BCUT2D eigenvalue weighted by molar-refractivity contribution is 0.414. The molecule has 0 saturated carbocycles. The molecule has 0 radical (unpaired) electrons. The average molecular weight is 414 g/mol. The number of rotatable bonds is 3. The highest BCUT2D eigenvalue weighted by Gasteiger charge is 2.15. The highest BCUT2D eigenvalue weighted by Crippen LogP contribution is 2.25. The SMILES string of the molecule is COc1cccc(-n2c(=S)sc3c(=O)n(-c4ccc(C)cc4)c(=S)[nH]c32)c1. The molecule has 4 rings (SSSR count). The first-order valence-corrected chi connectivity index (χ1v) is 9.75. The first-order chi connectivity index (χ1) is 13.0. The number of nitrogens with one attached hydrogen (secondary N) is 1. The Bertz CT molecular complexity index is 1330. The monoisotopic (exact) mass is 413 g/mol. The van der Waals surface area contributed by atoms with Gasteiger partial charge in [0.2, 0.25) is 0 Å². The molecule has 0 aliphatic rings. The summed E-state index contributed by atoms with van der Waals surface area (Å²) in [5, 5.41) is 0. The molecule has 0 unspecified atom stereocenters. The molecule has 136 valence electrons. The van der Waals surface area contributed by atoms with E-state index in [4.69, 9.17) is 29.2 Å². The van der Waals surface area contributed by atoms with Crippen LogP contribution in [0.5, 0.6) is 5.75 Å². The van der Waals surface area contributed by atoms with Gasteiger partial charge in [0.05, 0.1) is 18.5 Å². The topological polar surface area (TPSA) is 51.9 Å². The predicted octanol–water partition coefficient (Wildman–Crippen LogP) is 4.95. The minimum absolute atomic E-state index is 0.185. The first kappa shape index (κ1) is 17.8. The second-order valence-corrected chi connectivity index (χ2v) is 8.02. The van der Waals surface area contributed by atoms with Gasteiger partial charge in [0, 0.05) is 6.07 Å². The average Bonchev–Trinajstić information content (AvgIpc) is 2.99. The van der Waals surface area contributed by atoms with Crippen molar-refractivity contribution in [2.24, 2.45) is 0 Å². The van der Waals surface area contributed by atoms with Gasteiger partial charge in [-0.05, 0) is 55.6 Å². The molecule has 0 aliphatic carbocycles. The zero-order chi connectivity index (χ0) is 19.1. The van der Waals surface area contributed by atoms with Crippen molar-refractivity contribution in [3.05, 3.63) is 73.2 Å². The van der Waals surface area contributed by atoms with Gasteiger partial charge in [-0.2, -0.15) is 0 Å². The van der Waals surface area contributed by atoms with E-state index in [1.807, 2.05) is 60.0 Å². The summed E-state index contributed by atoms with van der Waals surface area (Å²) in [6, 6.07) is 15.2. The van der Waals surface area contributed by atoms with Crippen molar-refractivity contribution in [3.8, 4) is 17.1 Å². The zero-order valence-electron chi connectivity index (χ0n) is 14.6. The van der Waals surface area contributed by atoms with Crippen molar-refractivity contribution in [3.63, 3.8) is 0 Å². The quantitative estimate of drug-likeness (QED) is 0.483. The van der Waals surface area contributed by atoms with Gasteiger partial charge in [-0.3, -0.25) is 13.9 Å². The van der Waals surface area contributed by atoms with E-state index in [2.05, 4.69) is 4.98 Å². The summed E-state index contributed by atoms with van der Waals surface area (Å²) in [6.07, 6.45) is 0. The van der Waals surface area contributed by atoms with Gasteiger partial charge in [-0.25, -0.2) is 0 Å². The number of aromatic nitrogens is 3. The van der Waals surface area contributed by atoms with Gasteiger partial charge in [-0.15, -0.1) is 0 Å². The zero-order valence-corrected chi connectivity index (χ0v) is 17.0. The van der Waals surface area contributed by atoms with Crippen molar-refractivity contribution in [1.82, 2.24) is 14.1 Å².